The Morgan fingerprint density at radius 1 is 1.39 bits per heavy atom. The molecule has 1 N–H and O–H groups in total. The van der Waals surface area contributed by atoms with Crippen molar-refractivity contribution < 1.29 is 9.53 Å². The van der Waals surface area contributed by atoms with E-state index < -0.39 is 0 Å². The molecule has 0 amide bonds. The number of nitrogens with one attached hydrogen (secondary N) is 1. The number of esters is 1. The SMILES string of the molecule is CCCCC(C(=O)OC)c1c[nH]c2ccccc12. The smallest absolute Gasteiger partial charge is 0.313 e. The summed E-state index contributed by atoms with van der Waals surface area (Å²) in [6, 6.07) is 8.05. The Hall–Kier alpha value is -1.77. The molecule has 0 fully saturated rings. The van der Waals surface area contributed by atoms with Crippen LogP contribution in [0.3, 0.4) is 0 Å². The number of methoxy groups -OCH3 is 1. The molecule has 2 rings (SSSR count). The van der Waals surface area contributed by atoms with Gasteiger partial charge in [0.05, 0.1) is 13.0 Å². The maximum absolute atomic E-state index is 11.9. The minimum atomic E-state index is -0.161. The zero-order chi connectivity index (χ0) is 13.0. The maximum atomic E-state index is 11.9. The number of benzene rings is 1. The Bertz CT molecular complexity index is 530. The van der Waals surface area contributed by atoms with Crippen molar-refractivity contribution in [2.45, 2.75) is 32.1 Å². The molecule has 1 unspecified atom stereocenters. The predicted molar refractivity (Wildman–Crippen MR) is 72.6 cm³/mol. The number of aromatic nitrogens is 1. The van der Waals surface area contributed by atoms with Gasteiger partial charge in [-0.3, -0.25) is 4.79 Å². The summed E-state index contributed by atoms with van der Waals surface area (Å²) in [5.41, 5.74) is 2.11. The van der Waals surface area contributed by atoms with Crippen molar-refractivity contribution in [1.29, 1.82) is 0 Å². The van der Waals surface area contributed by atoms with E-state index in [1.807, 2.05) is 30.5 Å². The molecule has 0 aliphatic rings. The number of unbranched alkanes of at least 4 members (excludes halogenated alkanes) is 1. The van der Waals surface area contributed by atoms with Crippen molar-refractivity contribution in [2.24, 2.45) is 0 Å². The van der Waals surface area contributed by atoms with Crippen molar-refractivity contribution in [3.05, 3.63) is 36.0 Å². The second-order valence-corrected chi connectivity index (χ2v) is 4.51. The highest BCUT2D eigenvalue weighted by Crippen LogP contribution is 2.30. The van der Waals surface area contributed by atoms with Crippen molar-refractivity contribution in [1.82, 2.24) is 4.98 Å². The van der Waals surface area contributed by atoms with E-state index in [9.17, 15) is 4.79 Å². The topological polar surface area (TPSA) is 42.1 Å². The van der Waals surface area contributed by atoms with Gasteiger partial charge in [-0.25, -0.2) is 0 Å². The zero-order valence-electron chi connectivity index (χ0n) is 10.9. The van der Waals surface area contributed by atoms with Crippen molar-refractivity contribution in [2.75, 3.05) is 7.11 Å². The summed E-state index contributed by atoms with van der Waals surface area (Å²) in [7, 11) is 1.45. The second-order valence-electron chi connectivity index (χ2n) is 4.51. The monoisotopic (exact) mass is 245 g/mol. The van der Waals surface area contributed by atoms with Crippen molar-refractivity contribution in [3.63, 3.8) is 0 Å². The summed E-state index contributed by atoms with van der Waals surface area (Å²) >= 11 is 0. The molecule has 0 radical (unpaired) electrons. The van der Waals surface area contributed by atoms with Gasteiger partial charge in [-0.2, -0.15) is 0 Å². The van der Waals surface area contributed by atoms with Gasteiger partial charge in [-0.05, 0) is 18.1 Å². The standard InChI is InChI=1S/C15H19NO2/c1-3-4-7-12(15(17)18-2)13-10-16-14-9-6-5-8-11(13)14/h5-6,8-10,12,16H,3-4,7H2,1-2H3. The van der Waals surface area contributed by atoms with Gasteiger partial charge >= 0.3 is 5.97 Å². The lowest BCUT2D eigenvalue weighted by molar-refractivity contribution is -0.142. The Morgan fingerprint density at radius 3 is 2.89 bits per heavy atom. The quantitative estimate of drug-likeness (QED) is 0.817. The van der Waals surface area contributed by atoms with Crippen LogP contribution in [0.1, 0.15) is 37.7 Å². The first-order valence-corrected chi connectivity index (χ1v) is 6.41. The Labute approximate surface area is 107 Å². The summed E-state index contributed by atoms with van der Waals surface area (Å²) in [5, 5.41) is 1.11. The molecule has 0 spiro atoms. The van der Waals surface area contributed by atoms with Crippen LogP contribution in [0.2, 0.25) is 0 Å². The Morgan fingerprint density at radius 2 is 2.17 bits per heavy atom. The summed E-state index contributed by atoms with van der Waals surface area (Å²) in [4.78, 5) is 15.1. The number of carbonyl (C=O) groups is 1. The summed E-state index contributed by atoms with van der Waals surface area (Å²) < 4.78 is 4.93. The van der Waals surface area contributed by atoms with E-state index in [0.717, 1.165) is 35.7 Å². The first-order valence-electron chi connectivity index (χ1n) is 6.41. The number of ether oxygens (including phenoxy) is 1. The van der Waals surface area contributed by atoms with E-state index in [-0.39, 0.29) is 11.9 Å². The van der Waals surface area contributed by atoms with E-state index in [1.54, 1.807) is 0 Å². The van der Waals surface area contributed by atoms with Gasteiger partial charge in [0.25, 0.3) is 0 Å². The fourth-order valence-corrected chi connectivity index (χ4v) is 2.33. The van der Waals surface area contributed by atoms with Crippen LogP contribution in [-0.4, -0.2) is 18.1 Å². The fraction of sp³-hybridized carbons (Fsp3) is 0.400. The molecule has 18 heavy (non-hydrogen) atoms. The first kappa shape index (κ1) is 12.7. The third-order valence-electron chi connectivity index (χ3n) is 3.33. The minimum Gasteiger partial charge on any atom is -0.469 e. The van der Waals surface area contributed by atoms with Gasteiger partial charge in [-0.15, -0.1) is 0 Å². The van der Waals surface area contributed by atoms with Gasteiger partial charge in [0, 0.05) is 17.1 Å². The molecule has 1 aromatic carbocycles. The van der Waals surface area contributed by atoms with Gasteiger partial charge in [0.15, 0.2) is 0 Å². The van der Waals surface area contributed by atoms with E-state index in [0.29, 0.717) is 0 Å². The Kier molecular flexibility index (Phi) is 4.03. The molecule has 0 saturated heterocycles. The third kappa shape index (κ3) is 2.40. The summed E-state index contributed by atoms with van der Waals surface area (Å²) in [6.07, 6.45) is 4.88. The number of H-pyrrole nitrogens is 1. The summed E-state index contributed by atoms with van der Waals surface area (Å²) in [5.74, 6) is -0.306. The molecule has 3 nitrogen and oxygen atoms in total. The number of fused-ring (bicyclic) bond motifs is 1. The average molecular weight is 245 g/mol. The van der Waals surface area contributed by atoms with Gasteiger partial charge in [0.2, 0.25) is 0 Å². The van der Waals surface area contributed by atoms with E-state index >= 15 is 0 Å². The number of hydrogen-bond acceptors (Lipinski definition) is 2. The zero-order valence-corrected chi connectivity index (χ0v) is 10.9. The normalized spacial score (nSPS) is 12.6. The molecule has 1 aromatic heterocycles. The van der Waals surface area contributed by atoms with Crippen LogP contribution in [0.4, 0.5) is 0 Å². The lowest BCUT2D eigenvalue weighted by Crippen LogP contribution is -2.14. The molecule has 1 heterocycles. The largest absolute Gasteiger partial charge is 0.469 e. The number of hydrogen-bond donors (Lipinski definition) is 1. The number of rotatable bonds is 5. The second kappa shape index (κ2) is 5.71. The number of carbonyl (C=O) groups excluding carboxylic acids is 1. The highest BCUT2D eigenvalue weighted by molar-refractivity contribution is 5.89. The van der Waals surface area contributed by atoms with E-state index in [1.165, 1.54) is 7.11 Å². The first-order chi connectivity index (χ1) is 8.77. The van der Waals surface area contributed by atoms with Gasteiger partial charge in [0.1, 0.15) is 0 Å². The molecule has 1 atom stereocenters. The van der Waals surface area contributed by atoms with Crippen LogP contribution in [0.25, 0.3) is 10.9 Å². The highest BCUT2D eigenvalue weighted by Gasteiger charge is 2.23. The molecule has 96 valence electrons. The van der Waals surface area contributed by atoms with Crippen LogP contribution in [0.15, 0.2) is 30.5 Å². The highest BCUT2D eigenvalue weighted by atomic mass is 16.5. The molecular weight excluding hydrogens is 226 g/mol. The van der Waals surface area contributed by atoms with Crippen molar-refractivity contribution >= 4 is 16.9 Å². The van der Waals surface area contributed by atoms with Crippen molar-refractivity contribution in [3.8, 4) is 0 Å². The molecule has 0 aliphatic heterocycles. The van der Waals surface area contributed by atoms with Crippen LogP contribution in [0.5, 0.6) is 0 Å². The average Bonchev–Trinajstić information content (AvgIpc) is 2.83. The molecule has 3 heteroatoms. The van der Waals surface area contributed by atoms with Gasteiger partial charge in [-0.1, -0.05) is 38.0 Å². The fourth-order valence-electron chi connectivity index (χ4n) is 2.33. The molecule has 0 aliphatic carbocycles. The molecular formula is C15H19NO2. The lowest BCUT2D eigenvalue weighted by atomic mass is 9.93. The molecule has 0 saturated carbocycles. The van der Waals surface area contributed by atoms with E-state index in [4.69, 9.17) is 4.74 Å². The van der Waals surface area contributed by atoms with Crippen LogP contribution in [0, 0.1) is 0 Å². The number of aromatic amines is 1. The van der Waals surface area contributed by atoms with Crippen LogP contribution < -0.4 is 0 Å². The lowest BCUT2D eigenvalue weighted by Gasteiger charge is -2.13. The number of para-hydroxylation sites is 1. The third-order valence-corrected chi connectivity index (χ3v) is 3.33. The Balaban J connectivity index is 2.37. The maximum Gasteiger partial charge on any atom is 0.313 e. The van der Waals surface area contributed by atoms with Crippen LogP contribution >= 0.6 is 0 Å². The summed E-state index contributed by atoms with van der Waals surface area (Å²) in [6.45, 7) is 2.13. The molecule has 2 aromatic rings. The minimum absolute atomic E-state index is 0.145. The van der Waals surface area contributed by atoms with Gasteiger partial charge < -0.3 is 9.72 Å². The van der Waals surface area contributed by atoms with Crippen LogP contribution in [-0.2, 0) is 9.53 Å². The molecule has 0 bridgehead atoms. The predicted octanol–water partition coefficient (Wildman–Crippen LogP) is 3.61. The van der Waals surface area contributed by atoms with E-state index in [2.05, 4.69) is 11.9 Å².